The van der Waals surface area contributed by atoms with Gasteiger partial charge in [0.2, 0.25) is 0 Å². The molecule has 0 radical (unpaired) electrons. The van der Waals surface area contributed by atoms with Crippen molar-refractivity contribution in [2.24, 2.45) is 12.0 Å². The lowest BCUT2D eigenvalue weighted by molar-refractivity contribution is 0.852. The zero-order valence-corrected chi connectivity index (χ0v) is 16.6. The molecule has 1 aliphatic heterocycles. The van der Waals surface area contributed by atoms with Crippen molar-refractivity contribution in [2.45, 2.75) is 25.8 Å². The van der Waals surface area contributed by atoms with E-state index in [0.29, 0.717) is 0 Å². The molecule has 0 N–H and O–H groups in total. The van der Waals surface area contributed by atoms with E-state index in [-0.39, 0.29) is 12.0 Å². The second kappa shape index (κ2) is 6.49. The van der Waals surface area contributed by atoms with Gasteiger partial charge in [-0.25, -0.2) is 0 Å². The van der Waals surface area contributed by atoms with E-state index in [4.69, 9.17) is 4.99 Å². The molecule has 3 aromatic rings. The molecule has 2 aromatic carbocycles. The molecule has 138 valence electrons. The van der Waals surface area contributed by atoms with Crippen LogP contribution in [0.3, 0.4) is 0 Å². The average Bonchev–Trinajstić information content (AvgIpc) is 2.98. The van der Waals surface area contributed by atoms with Crippen molar-refractivity contribution in [1.29, 1.82) is 0 Å². The monoisotopic (exact) mass is 364 g/mol. The minimum absolute atomic E-state index is 0.0546. The highest BCUT2D eigenvalue weighted by Crippen LogP contribution is 2.46. The van der Waals surface area contributed by atoms with Crippen LogP contribution in [0.5, 0.6) is 0 Å². The molecule has 0 saturated carbocycles. The van der Waals surface area contributed by atoms with Gasteiger partial charge in [0.15, 0.2) is 0 Å². The molecule has 2 nitrogen and oxygen atoms in total. The predicted octanol–water partition coefficient (Wildman–Crippen LogP) is 6.03. The van der Waals surface area contributed by atoms with Gasteiger partial charge in [0.1, 0.15) is 0 Å². The lowest BCUT2D eigenvalue weighted by atomic mass is 9.76. The number of allylic oxidation sites excluding steroid dienone is 2. The molecule has 0 bridgehead atoms. The van der Waals surface area contributed by atoms with Crippen molar-refractivity contribution < 1.29 is 0 Å². The Hall–Kier alpha value is -3.13. The Morgan fingerprint density at radius 2 is 1.54 bits per heavy atom. The fraction of sp³-hybridized carbons (Fsp3) is 0.192. The Morgan fingerprint density at radius 3 is 2.25 bits per heavy atom. The number of aliphatic imine (C=N–C) groups is 1. The summed E-state index contributed by atoms with van der Waals surface area (Å²) >= 11 is 0. The molecular formula is C26H24N2. The van der Waals surface area contributed by atoms with Gasteiger partial charge in [0.05, 0.1) is 12.0 Å². The third kappa shape index (κ3) is 2.52. The molecule has 2 heteroatoms. The van der Waals surface area contributed by atoms with Crippen molar-refractivity contribution in [3.8, 4) is 0 Å². The second-order valence-corrected chi connectivity index (χ2v) is 7.73. The van der Waals surface area contributed by atoms with Gasteiger partial charge in [-0.1, -0.05) is 66.7 Å². The summed E-state index contributed by atoms with van der Waals surface area (Å²) in [4.78, 5) is 5.17. The van der Waals surface area contributed by atoms with Crippen molar-refractivity contribution in [1.82, 2.24) is 4.57 Å². The number of hydrogen-bond acceptors (Lipinski definition) is 1. The van der Waals surface area contributed by atoms with E-state index in [1.807, 2.05) is 0 Å². The van der Waals surface area contributed by atoms with Gasteiger partial charge < -0.3 is 4.57 Å². The standard InChI is InChI=1S/C26H24N2/c1-17-18(2)28(3)24-15-14-22-26(25(17)24)21(19-10-6-4-7-11-19)16-23(27-22)20-12-8-5-9-13-20/h4-16,23,26H,1-3H3. The smallest absolute Gasteiger partial charge is 0.0940 e. The maximum Gasteiger partial charge on any atom is 0.0940 e. The summed E-state index contributed by atoms with van der Waals surface area (Å²) in [5.41, 5.74) is 10.5. The first kappa shape index (κ1) is 17.0. The number of hydrogen-bond donors (Lipinski definition) is 0. The summed E-state index contributed by atoms with van der Waals surface area (Å²) in [5, 5.41) is 0. The molecule has 0 fully saturated rings. The zero-order chi connectivity index (χ0) is 19.3. The fourth-order valence-electron chi connectivity index (χ4n) is 4.59. The van der Waals surface area contributed by atoms with E-state index in [2.05, 4.69) is 104 Å². The van der Waals surface area contributed by atoms with Gasteiger partial charge in [-0.2, -0.15) is 0 Å². The summed E-state index contributed by atoms with van der Waals surface area (Å²) in [5.74, 6) is 0.197. The Kier molecular flexibility index (Phi) is 3.94. The van der Waals surface area contributed by atoms with E-state index in [0.717, 1.165) is 5.71 Å². The molecule has 1 aromatic heterocycles. The van der Waals surface area contributed by atoms with Crippen LogP contribution in [0.2, 0.25) is 0 Å². The van der Waals surface area contributed by atoms with Crippen LogP contribution < -0.4 is 0 Å². The first-order valence-corrected chi connectivity index (χ1v) is 9.88. The highest BCUT2D eigenvalue weighted by molar-refractivity contribution is 6.14. The van der Waals surface area contributed by atoms with Crippen LogP contribution in [0.25, 0.3) is 11.6 Å². The topological polar surface area (TPSA) is 17.3 Å². The highest BCUT2D eigenvalue weighted by atomic mass is 15.0. The maximum atomic E-state index is 5.17. The number of nitrogens with zero attached hydrogens (tertiary/aromatic N) is 2. The molecule has 0 amide bonds. The first-order chi connectivity index (χ1) is 13.6. The molecule has 0 saturated heterocycles. The SMILES string of the molecule is Cc1c2c(n(C)c1C)C=CC1=NC(c3ccccc3)C=C(c3ccccc3)C12. The van der Waals surface area contributed by atoms with Crippen molar-refractivity contribution >= 4 is 17.4 Å². The zero-order valence-electron chi connectivity index (χ0n) is 16.6. The van der Waals surface area contributed by atoms with Crippen LogP contribution in [0.4, 0.5) is 0 Å². The largest absolute Gasteiger partial charge is 0.348 e. The second-order valence-electron chi connectivity index (χ2n) is 7.73. The summed E-state index contributed by atoms with van der Waals surface area (Å²) in [6.07, 6.45) is 6.82. The predicted molar refractivity (Wildman–Crippen MR) is 118 cm³/mol. The molecule has 2 unspecified atom stereocenters. The van der Waals surface area contributed by atoms with Gasteiger partial charge in [-0.3, -0.25) is 4.99 Å². The fourth-order valence-corrected chi connectivity index (χ4v) is 4.59. The molecule has 0 spiro atoms. The molecule has 5 rings (SSSR count). The van der Waals surface area contributed by atoms with Gasteiger partial charge in [-0.05, 0) is 53.8 Å². The maximum absolute atomic E-state index is 5.17. The van der Waals surface area contributed by atoms with Crippen LogP contribution >= 0.6 is 0 Å². The number of dihydropyridines is 1. The third-order valence-corrected chi connectivity index (χ3v) is 6.27. The minimum atomic E-state index is 0.0546. The molecule has 28 heavy (non-hydrogen) atoms. The Morgan fingerprint density at radius 1 is 0.857 bits per heavy atom. The third-order valence-electron chi connectivity index (χ3n) is 6.27. The van der Waals surface area contributed by atoms with E-state index in [1.165, 1.54) is 39.2 Å². The summed E-state index contributed by atoms with van der Waals surface area (Å²) in [6.45, 7) is 4.46. The Labute approximate surface area is 166 Å². The number of aromatic nitrogens is 1. The van der Waals surface area contributed by atoms with Crippen LogP contribution in [0, 0.1) is 13.8 Å². The quantitative estimate of drug-likeness (QED) is 0.528. The van der Waals surface area contributed by atoms with Gasteiger partial charge in [0.25, 0.3) is 0 Å². The van der Waals surface area contributed by atoms with Crippen LogP contribution in [0.1, 0.15) is 45.6 Å². The summed E-state index contributed by atoms with van der Waals surface area (Å²) in [7, 11) is 2.16. The van der Waals surface area contributed by atoms with E-state index in [9.17, 15) is 0 Å². The van der Waals surface area contributed by atoms with Crippen LogP contribution in [-0.2, 0) is 7.05 Å². The van der Waals surface area contributed by atoms with E-state index >= 15 is 0 Å². The molecule has 2 heterocycles. The molecule has 2 aliphatic rings. The molecule has 2 atom stereocenters. The number of benzene rings is 2. The number of rotatable bonds is 2. The Balaban J connectivity index is 1.74. The van der Waals surface area contributed by atoms with Crippen LogP contribution in [-0.4, -0.2) is 10.3 Å². The van der Waals surface area contributed by atoms with Crippen LogP contribution in [0.15, 0.2) is 77.8 Å². The van der Waals surface area contributed by atoms with Gasteiger partial charge in [0, 0.05) is 24.1 Å². The average molecular weight is 364 g/mol. The normalized spacial score (nSPS) is 20.2. The lowest BCUT2D eigenvalue weighted by Crippen LogP contribution is -2.22. The Bertz CT molecular complexity index is 1130. The molecular weight excluding hydrogens is 340 g/mol. The molecule has 1 aliphatic carbocycles. The van der Waals surface area contributed by atoms with Crippen molar-refractivity contribution in [3.63, 3.8) is 0 Å². The van der Waals surface area contributed by atoms with Gasteiger partial charge in [-0.15, -0.1) is 0 Å². The highest BCUT2D eigenvalue weighted by Gasteiger charge is 2.34. The summed E-state index contributed by atoms with van der Waals surface area (Å²) < 4.78 is 2.31. The summed E-state index contributed by atoms with van der Waals surface area (Å²) in [6, 6.07) is 21.4. The lowest BCUT2D eigenvalue weighted by Gasteiger charge is -2.31. The first-order valence-electron chi connectivity index (χ1n) is 9.88. The minimum Gasteiger partial charge on any atom is -0.348 e. The van der Waals surface area contributed by atoms with Crippen molar-refractivity contribution in [3.05, 3.63) is 106 Å². The van der Waals surface area contributed by atoms with Gasteiger partial charge >= 0.3 is 0 Å². The van der Waals surface area contributed by atoms with Crippen molar-refractivity contribution in [2.75, 3.05) is 0 Å². The van der Waals surface area contributed by atoms with E-state index in [1.54, 1.807) is 0 Å². The number of fused-ring (bicyclic) bond motifs is 3. The van der Waals surface area contributed by atoms with E-state index < -0.39 is 0 Å².